The van der Waals surface area contributed by atoms with E-state index < -0.39 is 23.7 Å². The molecule has 1 aromatic carbocycles. The molecule has 0 spiro atoms. The van der Waals surface area contributed by atoms with Gasteiger partial charge in [0.2, 0.25) is 5.91 Å². The molecule has 2 rings (SSSR count). The van der Waals surface area contributed by atoms with Crippen LogP contribution in [-0.4, -0.2) is 57.8 Å². The van der Waals surface area contributed by atoms with E-state index in [4.69, 9.17) is 10.5 Å². The van der Waals surface area contributed by atoms with E-state index in [1.165, 1.54) is 0 Å². The minimum absolute atomic E-state index is 0.0705. The lowest BCUT2D eigenvalue weighted by molar-refractivity contribution is -0.130. The Balaban J connectivity index is 2.04. The SMILES string of the molecule is CCCCC(C)(C)C(=O)NC[C@H](O)[C@@H](N)C[C@@H](C(C)C)[C@@H](O)c1ccc2cnn(CCCOCC)c2c1. The Labute approximate surface area is 223 Å². The fourth-order valence-corrected chi connectivity index (χ4v) is 4.71. The normalized spacial score (nSPS) is 15.6. The number of aliphatic hydroxyl groups excluding tert-OH is 2. The van der Waals surface area contributed by atoms with E-state index in [-0.39, 0.29) is 24.3 Å². The second kappa shape index (κ2) is 14.8. The molecule has 0 aliphatic carbocycles. The Morgan fingerprint density at radius 2 is 1.95 bits per heavy atom. The van der Waals surface area contributed by atoms with Crippen LogP contribution in [0.2, 0.25) is 0 Å². The third-order valence-corrected chi connectivity index (χ3v) is 7.42. The number of rotatable bonds is 17. The van der Waals surface area contributed by atoms with Gasteiger partial charge in [-0.3, -0.25) is 9.48 Å². The lowest BCUT2D eigenvalue weighted by atomic mass is 9.81. The molecule has 8 nitrogen and oxygen atoms in total. The van der Waals surface area contributed by atoms with Crippen molar-refractivity contribution in [1.82, 2.24) is 15.1 Å². The van der Waals surface area contributed by atoms with E-state index in [0.29, 0.717) is 19.6 Å². The third kappa shape index (κ3) is 9.06. The number of unbranched alkanes of at least 4 members (excludes halogenated alkanes) is 1. The van der Waals surface area contributed by atoms with Crippen LogP contribution in [0.1, 0.15) is 85.3 Å². The molecule has 1 aromatic heterocycles. The number of nitrogens with one attached hydrogen (secondary N) is 1. The Kier molecular flexibility index (Phi) is 12.5. The van der Waals surface area contributed by atoms with Crippen LogP contribution in [0.25, 0.3) is 10.9 Å². The zero-order valence-corrected chi connectivity index (χ0v) is 23.7. The first-order valence-corrected chi connectivity index (χ1v) is 13.9. The second-order valence-electron chi connectivity index (χ2n) is 11.3. The fraction of sp³-hybridized carbons (Fsp3) is 0.724. The Morgan fingerprint density at radius 1 is 1.22 bits per heavy atom. The molecule has 0 unspecified atom stereocenters. The number of aliphatic hydroxyl groups is 2. The number of hydrogen-bond donors (Lipinski definition) is 4. The summed E-state index contributed by atoms with van der Waals surface area (Å²) in [6, 6.07) is 5.36. The van der Waals surface area contributed by atoms with Crippen LogP contribution in [0.5, 0.6) is 0 Å². The molecule has 0 aliphatic rings. The molecule has 2 aromatic rings. The topological polar surface area (TPSA) is 123 Å². The molecule has 210 valence electrons. The average Bonchev–Trinajstić information content (AvgIpc) is 3.28. The molecule has 37 heavy (non-hydrogen) atoms. The summed E-state index contributed by atoms with van der Waals surface area (Å²) in [6.07, 6.45) is 4.32. The van der Waals surface area contributed by atoms with Gasteiger partial charge in [0.1, 0.15) is 0 Å². The molecular weight excluding hydrogens is 468 g/mol. The number of amides is 1. The van der Waals surface area contributed by atoms with Gasteiger partial charge in [-0.25, -0.2) is 0 Å². The molecule has 1 heterocycles. The summed E-state index contributed by atoms with van der Waals surface area (Å²) in [5.74, 6) is -0.0884. The van der Waals surface area contributed by atoms with Gasteiger partial charge in [0.25, 0.3) is 0 Å². The van der Waals surface area contributed by atoms with Crippen molar-refractivity contribution >= 4 is 16.8 Å². The highest BCUT2D eigenvalue weighted by molar-refractivity contribution is 5.81. The van der Waals surface area contributed by atoms with E-state index >= 15 is 0 Å². The van der Waals surface area contributed by atoms with Crippen molar-refractivity contribution in [2.45, 2.75) is 98.4 Å². The molecule has 0 saturated heterocycles. The van der Waals surface area contributed by atoms with E-state index in [2.05, 4.69) is 31.2 Å². The van der Waals surface area contributed by atoms with Gasteiger partial charge in [-0.1, -0.05) is 59.6 Å². The maximum Gasteiger partial charge on any atom is 0.225 e. The lowest BCUT2D eigenvalue weighted by Crippen LogP contribution is -2.47. The summed E-state index contributed by atoms with van der Waals surface area (Å²) >= 11 is 0. The monoisotopic (exact) mass is 518 g/mol. The van der Waals surface area contributed by atoms with Crippen molar-refractivity contribution in [3.05, 3.63) is 30.0 Å². The van der Waals surface area contributed by atoms with Gasteiger partial charge in [-0.2, -0.15) is 5.10 Å². The minimum atomic E-state index is -0.895. The molecule has 0 aliphatic heterocycles. The summed E-state index contributed by atoms with van der Waals surface area (Å²) < 4.78 is 7.40. The number of benzene rings is 1. The second-order valence-corrected chi connectivity index (χ2v) is 11.3. The highest BCUT2D eigenvalue weighted by Gasteiger charge is 2.31. The molecule has 8 heteroatoms. The Hall–Kier alpha value is -2.00. The molecule has 4 atom stereocenters. The number of fused-ring (bicyclic) bond motifs is 1. The van der Waals surface area contributed by atoms with Crippen molar-refractivity contribution in [3.63, 3.8) is 0 Å². The van der Waals surface area contributed by atoms with E-state index in [9.17, 15) is 15.0 Å². The van der Waals surface area contributed by atoms with Gasteiger partial charge >= 0.3 is 0 Å². The lowest BCUT2D eigenvalue weighted by Gasteiger charge is -2.31. The fourth-order valence-electron chi connectivity index (χ4n) is 4.71. The predicted octanol–water partition coefficient (Wildman–Crippen LogP) is 4.18. The molecule has 0 saturated carbocycles. The molecule has 0 fully saturated rings. The first kappa shape index (κ1) is 31.2. The van der Waals surface area contributed by atoms with Crippen LogP contribution in [0, 0.1) is 17.3 Å². The standard InChI is InChI=1S/C29H50N4O4/c1-7-9-13-29(5,6)28(36)31-19-26(34)24(30)17-23(20(3)4)27(35)21-11-12-22-18-32-33(25(22)16-21)14-10-15-37-8-2/h11-12,16,18,20,23-24,26-27,34-35H,7-10,13-15,17,19,30H2,1-6H3,(H,31,36)/t23-,24-,26-,27-/m0/s1. The van der Waals surface area contributed by atoms with Crippen molar-refractivity contribution in [3.8, 4) is 0 Å². The van der Waals surface area contributed by atoms with Crippen molar-refractivity contribution < 1.29 is 19.7 Å². The highest BCUT2D eigenvalue weighted by Crippen LogP contribution is 2.33. The number of hydrogen-bond acceptors (Lipinski definition) is 6. The molecular formula is C29H50N4O4. The number of aromatic nitrogens is 2. The van der Waals surface area contributed by atoms with Gasteiger partial charge < -0.3 is 26.0 Å². The average molecular weight is 519 g/mol. The number of carbonyl (C=O) groups excluding carboxylic acids is 1. The summed E-state index contributed by atoms with van der Waals surface area (Å²) in [6.45, 7) is 14.3. The van der Waals surface area contributed by atoms with Crippen molar-refractivity contribution in [1.29, 1.82) is 0 Å². The van der Waals surface area contributed by atoms with E-state index in [0.717, 1.165) is 48.7 Å². The summed E-state index contributed by atoms with van der Waals surface area (Å²) in [7, 11) is 0. The highest BCUT2D eigenvalue weighted by atomic mass is 16.5. The maximum atomic E-state index is 12.6. The summed E-state index contributed by atoms with van der Waals surface area (Å²) in [5.41, 5.74) is 7.70. The Bertz CT molecular complexity index is 959. The van der Waals surface area contributed by atoms with Crippen LogP contribution in [-0.2, 0) is 16.1 Å². The van der Waals surface area contributed by atoms with E-state index in [1.54, 1.807) is 0 Å². The predicted molar refractivity (Wildman–Crippen MR) is 149 cm³/mol. The number of carbonyl (C=O) groups is 1. The summed E-state index contributed by atoms with van der Waals surface area (Å²) in [5, 5.41) is 30.5. The van der Waals surface area contributed by atoms with Crippen LogP contribution in [0.4, 0.5) is 0 Å². The van der Waals surface area contributed by atoms with Crippen LogP contribution in [0.3, 0.4) is 0 Å². The quantitative estimate of drug-likeness (QED) is 0.233. The van der Waals surface area contributed by atoms with E-state index in [1.807, 2.05) is 49.8 Å². The van der Waals surface area contributed by atoms with Gasteiger partial charge in [0.15, 0.2) is 0 Å². The number of aryl methyl sites for hydroxylation is 1. The maximum absolute atomic E-state index is 12.6. The van der Waals surface area contributed by atoms with Crippen molar-refractivity contribution in [2.24, 2.45) is 23.0 Å². The molecule has 5 N–H and O–H groups in total. The van der Waals surface area contributed by atoms with Gasteiger partial charge in [-0.15, -0.1) is 0 Å². The molecule has 0 radical (unpaired) electrons. The van der Waals surface area contributed by atoms with Gasteiger partial charge in [0.05, 0.1) is 23.9 Å². The van der Waals surface area contributed by atoms with Crippen LogP contribution in [0.15, 0.2) is 24.4 Å². The first-order valence-electron chi connectivity index (χ1n) is 13.9. The van der Waals surface area contributed by atoms with Gasteiger partial charge in [0, 0.05) is 43.1 Å². The molecule has 0 bridgehead atoms. The van der Waals surface area contributed by atoms with Crippen LogP contribution < -0.4 is 11.1 Å². The first-order chi connectivity index (χ1) is 17.5. The molecule has 1 amide bonds. The zero-order chi connectivity index (χ0) is 27.6. The number of nitrogens with two attached hydrogens (primary N) is 1. The van der Waals surface area contributed by atoms with Crippen LogP contribution >= 0.6 is 0 Å². The Morgan fingerprint density at radius 3 is 2.59 bits per heavy atom. The largest absolute Gasteiger partial charge is 0.390 e. The minimum Gasteiger partial charge on any atom is -0.390 e. The third-order valence-electron chi connectivity index (χ3n) is 7.42. The smallest absolute Gasteiger partial charge is 0.225 e. The van der Waals surface area contributed by atoms with Gasteiger partial charge in [-0.05, 0) is 49.7 Å². The summed E-state index contributed by atoms with van der Waals surface area (Å²) in [4.78, 5) is 12.6. The number of nitrogens with zero attached hydrogens (tertiary/aromatic N) is 2. The number of ether oxygens (including phenoxy) is 1. The zero-order valence-electron chi connectivity index (χ0n) is 23.7. The van der Waals surface area contributed by atoms with Crippen molar-refractivity contribution in [2.75, 3.05) is 19.8 Å².